The Bertz CT molecular complexity index is 712. The highest BCUT2D eigenvalue weighted by Crippen LogP contribution is 2.22. The maximum Gasteiger partial charge on any atom is 0.159 e. The monoisotopic (exact) mass is 336 g/mol. The Balaban J connectivity index is 1.71. The number of nitrogens with one attached hydrogen (secondary N) is 1. The van der Waals surface area contributed by atoms with Crippen LogP contribution < -0.4 is 5.32 Å². The Morgan fingerprint density at radius 2 is 2.00 bits per heavy atom. The molecule has 0 bridgehead atoms. The molecule has 0 saturated carbocycles. The van der Waals surface area contributed by atoms with E-state index in [-0.39, 0.29) is 6.04 Å². The Kier molecular flexibility index (Phi) is 4.92. The van der Waals surface area contributed by atoms with Gasteiger partial charge < -0.3 is 5.32 Å². The van der Waals surface area contributed by atoms with E-state index in [9.17, 15) is 8.78 Å². The van der Waals surface area contributed by atoms with Crippen LogP contribution in [0.1, 0.15) is 22.2 Å². The lowest BCUT2D eigenvalue weighted by Gasteiger charge is -2.16. The number of rotatable bonds is 6. The second-order valence-electron chi connectivity index (χ2n) is 4.89. The van der Waals surface area contributed by atoms with E-state index < -0.39 is 11.6 Å². The normalized spacial score (nSPS) is 12.5. The second kappa shape index (κ2) is 7.09. The third kappa shape index (κ3) is 3.76. The third-order valence-corrected chi connectivity index (χ3v) is 4.93. The molecule has 0 aliphatic carbocycles. The number of hydrogen-bond acceptors (Lipinski definition) is 4. The number of aromatic nitrogens is 1. The summed E-state index contributed by atoms with van der Waals surface area (Å²) in [5.74, 6) is -1.64. The van der Waals surface area contributed by atoms with Gasteiger partial charge in [-0.05, 0) is 46.5 Å². The van der Waals surface area contributed by atoms with Gasteiger partial charge in [-0.2, -0.15) is 11.3 Å². The van der Waals surface area contributed by atoms with Crippen LogP contribution in [0, 0.1) is 11.6 Å². The molecule has 0 fully saturated rings. The van der Waals surface area contributed by atoms with Gasteiger partial charge in [0.2, 0.25) is 0 Å². The van der Waals surface area contributed by atoms with Gasteiger partial charge >= 0.3 is 0 Å². The fraction of sp³-hybridized carbons (Fsp3) is 0.188. The van der Waals surface area contributed by atoms with Crippen molar-refractivity contribution >= 4 is 22.7 Å². The zero-order valence-electron chi connectivity index (χ0n) is 11.6. The molecule has 6 heteroatoms. The van der Waals surface area contributed by atoms with Crippen LogP contribution in [-0.4, -0.2) is 4.98 Å². The summed E-state index contributed by atoms with van der Waals surface area (Å²) in [6, 6.07) is 6.12. The summed E-state index contributed by atoms with van der Waals surface area (Å²) in [4.78, 5) is 4.37. The molecular weight excluding hydrogens is 322 g/mol. The highest BCUT2D eigenvalue weighted by molar-refractivity contribution is 7.09. The molecule has 2 nitrogen and oxygen atoms in total. The van der Waals surface area contributed by atoms with Gasteiger partial charge in [0.15, 0.2) is 11.6 Å². The summed E-state index contributed by atoms with van der Waals surface area (Å²) in [6.45, 7) is 0.464. The van der Waals surface area contributed by atoms with Crippen molar-refractivity contribution in [1.82, 2.24) is 10.3 Å². The van der Waals surface area contributed by atoms with Gasteiger partial charge in [0, 0.05) is 18.1 Å². The van der Waals surface area contributed by atoms with Crippen LogP contribution >= 0.6 is 22.7 Å². The van der Waals surface area contributed by atoms with Gasteiger partial charge in [-0.1, -0.05) is 6.07 Å². The molecule has 1 unspecified atom stereocenters. The zero-order valence-corrected chi connectivity index (χ0v) is 13.3. The number of halogens is 2. The minimum absolute atomic E-state index is 0.0581. The molecule has 1 atom stereocenters. The summed E-state index contributed by atoms with van der Waals surface area (Å²) in [6.07, 6.45) is 2.60. The first-order valence-electron chi connectivity index (χ1n) is 6.80. The van der Waals surface area contributed by atoms with E-state index in [0.29, 0.717) is 12.1 Å². The van der Waals surface area contributed by atoms with Crippen LogP contribution in [0.25, 0.3) is 0 Å². The summed E-state index contributed by atoms with van der Waals surface area (Å²) >= 11 is 3.25. The number of thiophene rings is 1. The average Bonchev–Trinajstić information content (AvgIpc) is 3.19. The Morgan fingerprint density at radius 3 is 2.68 bits per heavy atom. The first kappa shape index (κ1) is 15.3. The molecule has 2 heterocycles. The molecule has 0 saturated heterocycles. The van der Waals surface area contributed by atoms with Gasteiger partial charge in [0.1, 0.15) is 5.01 Å². The summed E-state index contributed by atoms with van der Waals surface area (Å²) in [5.41, 5.74) is 1.95. The lowest BCUT2D eigenvalue weighted by molar-refractivity contribution is 0.499. The fourth-order valence-corrected chi connectivity index (χ4v) is 3.58. The quantitative estimate of drug-likeness (QED) is 0.714. The molecule has 2 aromatic heterocycles. The molecule has 0 aliphatic rings. The molecule has 114 valence electrons. The molecule has 22 heavy (non-hydrogen) atoms. The number of hydrogen-bond donors (Lipinski definition) is 1. The van der Waals surface area contributed by atoms with E-state index in [2.05, 4.69) is 21.7 Å². The molecule has 1 N–H and O–H groups in total. The van der Waals surface area contributed by atoms with Gasteiger partial charge in [0.25, 0.3) is 0 Å². The molecule has 0 spiro atoms. The molecule has 0 aliphatic heterocycles. The van der Waals surface area contributed by atoms with Crippen molar-refractivity contribution in [2.24, 2.45) is 0 Å². The minimum atomic E-state index is -0.821. The van der Waals surface area contributed by atoms with Crippen LogP contribution in [0.2, 0.25) is 0 Å². The maximum absolute atomic E-state index is 13.3. The van der Waals surface area contributed by atoms with Crippen molar-refractivity contribution in [1.29, 1.82) is 0 Å². The SMILES string of the molecule is Fc1ccc(CNC(Cc2ccsc2)c2nccs2)cc1F. The van der Waals surface area contributed by atoms with Crippen LogP contribution in [0.5, 0.6) is 0 Å². The van der Waals surface area contributed by atoms with E-state index in [1.807, 2.05) is 10.8 Å². The molecule has 0 radical (unpaired) electrons. The van der Waals surface area contributed by atoms with E-state index in [4.69, 9.17) is 0 Å². The predicted octanol–water partition coefficient (Wildman–Crippen LogP) is 4.56. The summed E-state index contributed by atoms with van der Waals surface area (Å²) in [5, 5.41) is 10.5. The average molecular weight is 336 g/mol. The van der Waals surface area contributed by atoms with Crippen molar-refractivity contribution in [3.05, 3.63) is 74.4 Å². The van der Waals surface area contributed by atoms with Crippen molar-refractivity contribution < 1.29 is 8.78 Å². The molecular formula is C16H14F2N2S2. The minimum Gasteiger partial charge on any atom is -0.304 e. The van der Waals surface area contributed by atoms with Gasteiger partial charge in [0.05, 0.1) is 6.04 Å². The smallest absolute Gasteiger partial charge is 0.159 e. The number of benzene rings is 1. The molecule has 1 aromatic carbocycles. The lowest BCUT2D eigenvalue weighted by Crippen LogP contribution is -2.22. The van der Waals surface area contributed by atoms with Gasteiger partial charge in [-0.3, -0.25) is 0 Å². The van der Waals surface area contributed by atoms with Gasteiger partial charge in [-0.15, -0.1) is 11.3 Å². The van der Waals surface area contributed by atoms with Crippen LogP contribution in [-0.2, 0) is 13.0 Å². The van der Waals surface area contributed by atoms with Crippen molar-refractivity contribution in [3.8, 4) is 0 Å². The zero-order chi connectivity index (χ0) is 15.4. The number of thiazole rings is 1. The van der Waals surface area contributed by atoms with E-state index in [1.54, 1.807) is 34.9 Å². The lowest BCUT2D eigenvalue weighted by atomic mass is 10.1. The van der Waals surface area contributed by atoms with Crippen molar-refractivity contribution in [3.63, 3.8) is 0 Å². The molecule has 3 aromatic rings. The third-order valence-electron chi connectivity index (χ3n) is 3.31. The second-order valence-corrected chi connectivity index (χ2v) is 6.59. The first-order valence-corrected chi connectivity index (χ1v) is 8.62. The highest BCUT2D eigenvalue weighted by Gasteiger charge is 2.15. The molecule has 0 amide bonds. The largest absolute Gasteiger partial charge is 0.304 e. The van der Waals surface area contributed by atoms with Crippen LogP contribution in [0.3, 0.4) is 0 Å². The summed E-state index contributed by atoms with van der Waals surface area (Å²) < 4.78 is 26.2. The van der Waals surface area contributed by atoms with E-state index >= 15 is 0 Å². The van der Waals surface area contributed by atoms with Crippen LogP contribution in [0.15, 0.2) is 46.6 Å². The first-order chi connectivity index (χ1) is 10.7. The topological polar surface area (TPSA) is 24.9 Å². The Hall–Kier alpha value is -1.63. The predicted molar refractivity (Wildman–Crippen MR) is 86.1 cm³/mol. The van der Waals surface area contributed by atoms with Gasteiger partial charge in [-0.25, -0.2) is 13.8 Å². The molecule has 3 rings (SSSR count). The fourth-order valence-electron chi connectivity index (χ4n) is 2.19. The van der Waals surface area contributed by atoms with Crippen molar-refractivity contribution in [2.75, 3.05) is 0 Å². The summed E-state index contributed by atoms with van der Waals surface area (Å²) in [7, 11) is 0. The van der Waals surface area contributed by atoms with Crippen molar-refractivity contribution in [2.45, 2.75) is 19.0 Å². The number of nitrogens with zero attached hydrogens (tertiary/aromatic N) is 1. The van der Waals surface area contributed by atoms with E-state index in [0.717, 1.165) is 17.5 Å². The Labute approximate surface area is 135 Å². The standard InChI is InChI=1S/C16H14F2N2S2/c17-13-2-1-11(7-14(13)18)9-20-15(16-19-4-6-22-16)8-12-3-5-21-10-12/h1-7,10,15,20H,8-9H2. The van der Waals surface area contributed by atoms with Crippen LogP contribution in [0.4, 0.5) is 8.78 Å². The highest BCUT2D eigenvalue weighted by atomic mass is 32.1. The maximum atomic E-state index is 13.3. The van der Waals surface area contributed by atoms with E-state index in [1.165, 1.54) is 11.6 Å². The Morgan fingerprint density at radius 1 is 1.09 bits per heavy atom.